The van der Waals surface area contributed by atoms with Crippen molar-refractivity contribution in [2.75, 3.05) is 0 Å². The third-order valence-corrected chi connectivity index (χ3v) is 2.96. The minimum absolute atomic E-state index is 0.185. The highest BCUT2D eigenvalue weighted by Crippen LogP contribution is 2.21. The summed E-state index contributed by atoms with van der Waals surface area (Å²) in [6.07, 6.45) is 0. The summed E-state index contributed by atoms with van der Waals surface area (Å²) in [5, 5.41) is 13.4. The van der Waals surface area contributed by atoms with Crippen LogP contribution in [-0.4, -0.2) is 14.8 Å². The SMILES string of the molecule is N#CCn1nc(-c2ccccc2)nc1-c1ccccc1. The van der Waals surface area contributed by atoms with Gasteiger partial charge in [0.2, 0.25) is 0 Å². The van der Waals surface area contributed by atoms with Crippen molar-refractivity contribution in [3.63, 3.8) is 0 Å². The van der Waals surface area contributed by atoms with E-state index in [4.69, 9.17) is 5.26 Å². The van der Waals surface area contributed by atoms with Crippen molar-refractivity contribution in [3.05, 3.63) is 60.7 Å². The minimum Gasteiger partial charge on any atom is -0.231 e. The summed E-state index contributed by atoms with van der Waals surface area (Å²) in [7, 11) is 0. The maximum Gasteiger partial charge on any atom is 0.181 e. The van der Waals surface area contributed by atoms with E-state index in [1.54, 1.807) is 4.68 Å². The van der Waals surface area contributed by atoms with Crippen molar-refractivity contribution in [3.8, 4) is 28.8 Å². The topological polar surface area (TPSA) is 54.5 Å². The second-order valence-corrected chi connectivity index (χ2v) is 4.31. The molecule has 0 unspecified atom stereocenters. The summed E-state index contributed by atoms with van der Waals surface area (Å²) in [6.45, 7) is 0.185. The fourth-order valence-electron chi connectivity index (χ4n) is 2.03. The average Bonchev–Trinajstić information content (AvgIpc) is 2.94. The lowest BCUT2D eigenvalue weighted by Gasteiger charge is -2.00. The molecule has 0 aliphatic rings. The van der Waals surface area contributed by atoms with Gasteiger partial charge in [-0.05, 0) is 0 Å². The highest BCUT2D eigenvalue weighted by molar-refractivity contribution is 5.61. The Morgan fingerprint density at radius 3 is 2.10 bits per heavy atom. The summed E-state index contributed by atoms with van der Waals surface area (Å²) in [6, 6.07) is 21.7. The standard InChI is InChI=1S/C16H12N4/c17-11-12-20-16(14-9-5-2-6-10-14)18-15(19-20)13-7-3-1-4-8-13/h1-10H,12H2. The molecule has 1 heterocycles. The number of benzene rings is 2. The second-order valence-electron chi connectivity index (χ2n) is 4.31. The molecule has 0 atom stereocenters. The van der Waals surface area contributed by atoms with E-state index in [1.165, 1.54) is 0 Å². The van der Waals surface area contributed by atoms with Crippen LogP contribution in [0.25, 0.3) is 22.8 Å². The number of nitriles is 1. The van der Waals surface area contributed by atoms with E-state index in [1.807, 2.05) is 60.7 Å². The molecule has 0 saturated carbocycles. The first-order valence-electron chi connectivity index (χ1n) is 6.31. The van der Waals surface area contributed by atoms with Crippen LogP contribution in [0.15, 0.2) is 60.7 Å². The predicted molar refractivity (Wildman–Crippen MR) is 76.5 cm³/mol. The van der Waals surface area contributed by atoms with E-state index in [9.17, 15) is 0 Å². The molecule has 20 heavy (non-hydrogen) atoms. The monoisotopic (exact) mass is 260 g/mol. The van der Waals surface area contributed by atoms with E-state index < -0.39 is 0 Å². The van der Waals surface area contributed by atoms with Crippen LogP contribution < -0.4 is 0 Å². The Labute approximate surface area is 116 Å². The van der Waals surface area contributed by atoms with Crippen LogP contribution in [0, 0.1) is 11.3 Å². The zero-order valence-electron chi connectivity index (χ0n) is 10.8. The second kappa shape index (κ2) is 5.37. The Bertz CT molecular complexity index is 739. The Balaban J connectivity index is 2.11. The van der Waals surface area contributed by atoms with Gasteiger partial charge in [-0.1, -0.05) is 60.7 Å². The quantitative estimate of drug-likeness (QED) is 0.727. The van der Waals surface area contributed by atoms with Gasteiger partial charge in [-0.2, -0.15) is 5.26 Å². The fraction of sp³-hybridized carbons (Fsp3) is 0.0625. The molecule has 0 bridgehead atoms. The molecular weight excluding hydrogens is 248 g/mol. The number of nitrogens with zero attached hydrogens (tertiary/aromatic N) is 4. The molecule has 0 radical (unpaired) electrons. The van der Waals surface area contributed by atoms with Gasteiger partial charge < -0.3 is 0 Å². The van der Waals surface area contributed by atoms with Gasteiger partial charge in [0.25, 0.3) is 0 Å². The van der Waals surface area contributed by atoms with Gasteiger partial charge in [-0.15, -0.1) is 5.10 Å². The molecule has 0 saturated heterocycles. The molecule has 3 rings (SSSR count). The molecule has 0 amide bonds. The fourth-order valence-corrected chi connectivity index (χ4v) is 2.03. The smallest absolute Gasteiger partial charge is 0.181 e. The first-order valence-corrected chi connectivity index (χ1v) is 6.31. The molecule has 4 nitrogen and oxygen atoms in total. The van der Waals surface area contributed by atoms with Crippen LogP contribution in [-0.2, 0) is 6.54 Å². The first kappa shape index (κ1) is 12.1. The highest BCUT2D eigenvalue weighted by atomic mass is 15.3. The predicted octanol–water partition coefficient (Wildman–Crippen LogP) is 3.14. The molecule has 4 heteroatoms. The number of hydrogen-bond donors (Lipinski definition) is 0. The molecule has 0 aliphatic heterocycles. The maximum absolute atomic E-state index is 8.93. The van der Waals surface area contributed by atoms with Crippen LogP contribution in [0.2, 0.25) is 0 Å². The minimum atomic E-state index is 0.185. The molecule has 96 valence electrons. The number of aromatic nitrogens is 3. The Morgan fingerprint density at radius 2 is 1.50 bits per heavy atom. The van der Waals surface area contributed by atoms with Gasteiger partial charge >= 0.3 is 0 Å². The normalized spacial score (nSPS) is 10.2. The van der Waals surface area contributed by atoms with Crippen LogP contribution in [0.1, 0.15) is 0 Å². The molecule has 0 fully saturated rings. The number of rotatable bonds is 3. The Hall–Kier alpha value is -2.93. The van der Waals surface area contributed by atoms with Crippen molar-refractivity contribution in [1.29, 1.82) is 5.26 Å². The van der Waals surface area contributed by atoms with E-state index in [-0.39, 0.29) is 6.54 Å². The molecule has 0 aliphatic carbocycles. The van der Waals surface area contributed by atoms with Crippen molar-refractivity contribution < 1.29 is 0 Å². The van der Waals surface area contributed by atoms with Gasteiger partial charge in [-0.3, -0.25) is 0 Å². The van der Waals surface area contributed by atoms with Crippen molar-refractivity contribution in [1.82, 2.24) is 14.8 Å². The summed E-state index contributed by atoms with van der Waals surface area (Å²) < 4.78 is 1.64. The average molecular weight is 260 g/mol. The van der Waals surface area contributed by atoms with Gasteiger partial charge in [0.1, 0.15) is 6.54 Å². The first-order chi connectivity index (χ1) is 9.88. The third kappa shape index (κ3) is 2.29. The van der Waals surface area contributed by atoms with E-state index in [2.05, 4.69) is 16.2 Å². The summed E-state index contributed by atoms with van der Waals surface area (Å²) in [4.78, 5) is 4.57. The Morgan fingerprint density at radius 1 is 0.900 bits per heavy atom. The highest BCUT2D eigenvalue weighted by Gasteiger charge is 2.12. The molecule has 1 aromatic heterocycles. The Kier molecular flexibility index (Phi) is 3.25. The zero-order chi connectivity index (χ0) is 13.8. The summed E-state index contributed by atoms with van der Waals surface area (Å²) in [5.41, 5.74) is 1.90. The van der Waals surface area contributed by atoms with E-state index in [0.29, 0.717) is 11.6 Å². The third-order valence-electron chi connectivity index (χ3n) is 2.96. The lowest BCUT2D eigenvalue weighted by atomic mass is 10.2. The van der Waals surface area contributed by atoms with Crippen LogP contribution in [0.4, 0.5) is 0 Å². The van der Waals surface area contributed by atoms with Gasteiger partial charge in [-0.25, -0.2) is 9.67 Å². The summed E-state index contributed by atoms with van der Waals surface area (Å²) >= 11 is 0. The van der Waals surface area contributed by atoms with Crippen LogP contribution >= 0.6 is 0 Å². The molecule has 3 aromatic rings. The van der Waals surface area contributed by atoms with Crippen molar-refractivity contribution in [2.24, 2.45) is 0 Å². The molecule has 0 spiro atoms. The van der Waals surface area contributed by atoms with E-state index >= 15 is 0 Å². The number of hydrogen-bond acceptors (Lipinski definition) is 3. The van der Waals surface area contributed by atoms with Gasteiger partial charge in [0, 0.05) is 11.1 Å². The van der Waals surface area contributed by atoms with Crippen LogP contribution in [0.5, 0.6) is 0 Å². The molecular formula is C16H12N4. The zero-order valence-corrected chi connectivity index (χ0v) is 10.8. The summed E-state index contributed by atoms with van der Waals surface area (Å²) in [5.74, 6) is 1.35. The molecule has 0 N–H and O–H groups in total. The molecule has 2 aromatic carbocycles. The maximum atomic E-state index is 8.93. The largest absolute Gasteiger partial charge is 0.231 e. The van der Waals surface area contributed by atoms with Gasteiger partial charge in [0.05, 0.1) is 6.07 Å². The van der Waals surface area contributed by atoms with Gasteiger partial charge in [0.15, 0.2) is 11.6 Å². The van der Waals surface area contributed by atoms with Crippen LogP contribution in [0.3, 0.4) is 0 Å². The van der Waals surface area contributed by atoms with Crippen molar-refractivity contribution >= 4 is 0 Å². The lowest BCUT2D eigenvalue weighted by Crippen LogP contribution is -2.00. The van der Waals surface area contributed by atoms with E-state index in [0.717, 1.165) is 11.1 Å². The van der Waals surface area contributed by atoms with Crippen molar-refractivity contribution in [2.45, 2.75) is 6.54 Å². The lowest BCUT2D eigenvalue weighted by molar-refractivity contribution is 0.718.